The summed E-state index contributed by atoms with van der Waals surface area (Å²) in [5, 5.41) is 4.00. The number of nitrogens with zero attached hydrogens (tertiary/aromatic N) is 2. The summed E-state index contributed by atoms with van der Waals surface area (Å²) in [6.45, 7) is 6.86. The fourth-order valence-electron chi connectivity index (χ4n) is 1.93. The first kappa shape index (κ1) is 15.1. The van der Waals surface area contributed by atoms with Crippen molar-refractivity contribution in [3.8, 4) is 0 Å². The molecule has 0 aliphatic heterocycles. The molecule has 5 nitrogen and oxygen atoms in total. The molecule has 2 N–H and O–H groups in total. The average Bonchev–Trinajstić information content (AvgIpc) is 2.77. The molecule has 0 bridgehead atoms. The summed E-state index contributed by atoms with van der Waals surface area (Å²) >= 11 is 0. The van der Waals surface area contributed by atoms with Gasteiger partial charge in [0, 0.05) is 19.1 Å². The Bertz CT molecular complexity index is 322. The van der Waals surface area contributed by atoms with Gasteiger partial charge in [0.05, 0.1) is 0 Å². The molecule has 0 aromatic carbocycles. The minimum absolute atomic E-state index is 0.0556. The van der Waals surface area contributed by atoms with E-state index in [1.54, 1.807) is 0 Å². The van der Waals surface area contributed by atoms with E-state index in [1.807, 2.05) is 6.92 Å². The summed E-state index contributed by atoms with van der Waals surface area (Å²) < 4.78 is 10.9. The van der Waals surface area contributed by atoms with Crippen molar-refractivity contribution < 1.29 is 9.26 Å². The number of hydrogen-bond donors (Lipinski definition) is 1. The van der Waals surface area contributed by atoms with Gasteiger partial charge in [-0.3, -0.25) is 0 Å². The molecule has 0 aliphatic rings. The first-order valence-corrected chi connectivity index (χ1v) is 6.90. The largest absolute Gasteiger partial charge is 0.370 e. The monoisotopic (exact) mass is 255 g/mol. The predicted octanol–water partition coefficient (Wildman–Crippen LogP) is 2.62. The van der Waals surface area contributed by atoms with E-state index >= 15 is 0 Å². The summed E-state index contributed by atoms with van der Waals surface area (Å²) in [5.74, 6) is 1.27. The van der Waals surface area contributed by atoms with Crippen molar-refractivity contribution in [3.05, 3.63) is 11.7 Å². The third-order valence-corrected chi connectivity index (χ3v) is 2.79. The van der Waals surface area contributed by atoms with Gasteiger partial charge < -0.3 is 15.0 Å². The van der Waals surface area contributed by atoms with Crippen molar-refractivity contribution >= 4 is 0 Å². The average molecular weight is 255 g/mol. The van der Waals surface area contributed by atoms with Gasteiger partial charge >= 0.3 is 0 Å². The molecule has 18 heavy (non-hydrogen) atoms. The van der Waals surface area contributed by atoms with Gasteiger partial charge in [-0.25, -0.2) is 0 Å². The van der Waals surface area contributed by atoms with Crippen LogP contribution in [0, 0.1) is 0 Å². The quantitative estimate of drug-likeness (QED) is 0.734. The molecule has 0 saturated carbocycles. The highest BCUT2D eigenvalue weighted by Gasteiger charge is 2.18. The lowest BCUT2D eigenvalue weighted by atomic mass is 10.1. The van der Waals surface area contributed by atoms with Gasteiger partial charge in [0.15, 0.2) is 0 Å². The summed E-state index contributed by atoms with van der Waals surface area (Å²) in [4.78, 5) is 4.39. The third kappa shape index (κ3) is 4.74. The molecule has 1 aromatic rings. The second kappa shape index (κ2) is 8.21. The molecule has 0 spiro atoms. The number of aromatic nitrogens is 2. The van der Waals surface area contributed by atoms with Crippen LogP contribution in [0.15, 0.2) is 4.52 Å². The summed E-state index contributed by atoms with van der Waals surface area (Å²) in [7, 11) is 0. The van der Waals surface area contributed by atoms with Gasteiger partial charge in [0.2, 0.25) is 11.7 Å². The lowest BCUT2D eigenvalue weighted by Crippen LogP contribution is -2.22. The van der Waals surface area contributed by atoms with Crippen molar-refractivity contribution in [2.75, 3.05) is 6.61 Å². The van der Waals surface area contributed by atoms with E-state index in [1.165, 1.54) is 0 Å². The van der Waals surface area contributed by atoms with Crippen molar-refractivity contribution in [1.82, 2.24) is 10.1 Å². The maximum atomic E-state index is 5.96. The van der Waals surface area contributed by atoms with Crippen molar-refractivity contribution in [2.24, 2.45) is 5.73 Å². The van der Waals surface area contributed by atoms with Crippen LogP contribution < -0.4 is 5.73 Å². The van der Waals surface area contributed by atoms with E-state index < -0.39 is 0 Å². The van der Waals surface area contributed by atoms with Crippen LogP contribution in [0.25, 0.3) is 0 Å². The molecule has 5 heteroatoms. The zero-order chi connectivity index (χ0) is 13.4. The van der Waals surface area contributed by atoms with Gasteiger partial charge in [0.1, 0.15) is 6.10 Å². The topological polar surface area (TPSA) is 74.2 Å². The summed E-state index contributed by atoms with van der Waals surface area (Å²) in [6.07, 6.45) is 4.57. The van der Waals surface area contributed by atoms with E-state index in [2.05, 4.69) is 24.0 Å². The van der Waals surface area contributed by atoms with Crippen LogP contribution in [0.5, 0.6) is 0 Å². The van der Waals surface area contributed by atoms with E-state index in [4.69, 9.17) is 15.0 Å². The third-order valence-electron chi connectivity index (χ3n) is 2.79. The summed E-state index contributed by atoms with van der Waals surface area (Å²) in [6, 6.07) is 0.0972. The Balaban J connectivity index is 2.59. The Morgan fingerprint density at radius 1 is 1.22 bits per heavy atom. The molecule has 0 fully saturated rings. The normalized spacial score (nSPS) is 14.7. The molecule has 0 amide bonds. The number of nitrogens with two attached hydrogens (primary N) is 1. The van der Waals surface area contributed by atoms with Crippen LogP contribution in [0.4, 0.5) is 0 Å². The lowest BCUT2D eigenvalue weighted by molar-refractivity contribution is 0.0478. The Labute approximate surface area is 109 Å². The molecule has 1 heterocycles. The lowest BCUT2D eigenvalue weighted by Gasteiger charge is -2.11. The Morgan fingerprint density at radius 3 is 2.56 bits per heavy atom. The van der Waals surface area contributed by atoms with E-state index in [-0.39, 0.29) is 12.1 Å². The molecular formula is C13H25N3O2. The molecule has 104 valence electrons. The van der Waals surface area contributed by atoms with Crippen LogP contribution in [0.2, 0.25) is 0 Å². The molecule has 1 aromatic heterocycles. The Kier molecular flexibility index (Phi) is 6.90. The smallest absolute Gasteiger partial charge is 0.228 e. The van der Waals surface area contributed by atoms with Crippen molar-refractivity contribution in [1.29, 1.82) is 0 Å². The fraction of sp³-hybridized carbons (Fsp3) is 0.846. The van der Waals surface area contributed by atoms with Crippen molar-refractivity contribution in [2.45, 2.75) is 65.0 Å². The Morgan fingerprint density at radius 2 is 1.94 bits per heavy atom. The van der Waals surface area contributed by atoms with Crippen LogP contribution >= 0.6 is 0 Å². The second-order valence-corrected chi connectivity index (χ2v) is 4.53. The van der Waals surface area contributed by atoms with Crippen LogP contribution in [-0.2, 0) is 11.2 Å². The molecule has 0 saturated heterocycles. The zero-order valence-corrected chi connectivity index (χ0v) is 11.7. The van der Waals surface area contributed by atoms with E-state index in [0.29, 0.717) is 24.7 Å². The number of ether oxygens (including phenoxy) is 1. The molecule has 0 aliphatic carbocycles. The maximum absolute atomic E-state index is 5.96. The highest BCUT2D eigenvalue weighted by atomic mass is 16.5. The predicted molar refractivity (Wildman–Crippen MR) is 70.2 cm³/mol. The zero-order valence-electron chi connectivity index (χ0n) is 11.7. The molecular weight excluding hydrogens is 230 g/mol. The minimum Gasteiger partial charge on any atom is -0.370 e. The van der Waals surface area contributed by atoms with Gasteiger partial charge in [-0.1, -0.05) is 31.8 Å². The van der Waals surface area contributed by atoms with E-state index in [0.717, 1.165) is 25.7 Å². The van der Waals surface area contributed by atoms with Gasteiger partial charge in [-0.05, 0) is 19.8 Å². The fourth-order valence-corrected chi connectivity index (χ4v) is 1.93. The van der Waals surface area contributed by atoms with Gasteiger partial charge in [-0.2, -0.15) is 4.98 Å². The van der Waals surface area contributed by atoms with Crippen LogP contribution in [0.1, 0.15) is 64.3 Å². The minimum atomic E-state index is -0.0556. The highest BCUT2D eigenvalue weighted by Crippen LogP contribution is 2.20. The first-order chi connectivity index (χ1) is 8.71. The van der Waals surface area contributed by atoms with Crippen LogP contribution in [-0.4, -0.2) is 22.8 Å². The molecule has 1 rings (SSSR count). The molecule has 2 unspecified atom stereocenters. The maximum Gasteiger partial charge on any atom is 0.228 e. The Hall–Kier alpha value is -0.940. The van der Waals surface area contributed by atoms with Gasteiger partial charge in [0.25, 0.3) is 0 Å². The molecule has 2 atom stereocenters. The van der Waals surface area contributed by atoms with Crippen molar-refractivity contribution in [3.63, 3.8) is 0 Å². The standard InChI is InChI=1S/C13H25N3O2/c1-4-7-10(14)9-12-15-13(16-18-12)11(8-5-2)17-6-3/h10-11H,4-9,14H2,1-3H3. The highest BCUT2D eigenvalue weighted by molar-refractivity contribution is 4.93. The molecule has 0 radical (unpaired) electrons. The van der Waals surface area contributed by atoms with E-state index in [9.17, 15) is 0 Å². The number of hydrogen-bond acceptors (Lipinski definition) is 5. The first-order valence-electron chi connectivity index (χ1n) is 6.90. The summed E-state index contributed by atoms with van der Waals surface area (Å²) in [5.41, 5.74) is 5.96. The second-order valence-electron chi connectivity index (χ2n) is 4.53. The van der Waals surface area contributed by atoms with Gasteiger partial charge in [-0.15, -0.1) is 0 Å². The van der Waals surface area contributed by atoms with Crippen LogP contribution in [0.3, 0.4) is 0 Å². The number of rotatable bonds is 9. The SMILES string of the molecule is CCCC(N)Cc1nc(C(CCC)OCC)no1.